The van der Waals surface area contributed by atoms with Crippen molar-refractivity contribution in [2.45, 2.75) is 366 Å². The van der Waals surface area contributed by atoms with Gasteiger partial charge in [-0.25, -0.2) is 0 Å². The summed E-state index contributed by atoms with van der Waals surface area (Å²) in [4.78, 5) is 26.4. The molecule has 6 nitrogen and oxygen atoms in total. The Balaban J connectivity index is 4.49. The molecule has 0 aromatic heterocycles. The molecule has 3 N–H and O–H groups in total. The van der Waals surface area contributed by atoms with Crippen LogP contribution in [0.15, 0.2) is 24.3 Å². The van der Waals surface area contributed by atoms with E-state index in [4.69, 9.17) is 4.74 Å². The summed E-state index contributed by atoms with van der Waals surface area (Å²) in [7, 11) is 0. The van der Waals surface area contributed by atoms with Gasteiger partial charge in [-0.05, 0) is 77.0 Å². The lowest BCUT2D eigenvalue weighted by Gasteiger charge is -2.24. The van der Waals surface area contributed by atoms with Crippen LogP contribution in [0.3, 0.4) is 0 Å². The highest BCUT2D eigenvalue weighted by Gasteiger charge is 2.24. The average Bonchev–Trinajstić information content (AvgIpc) is 3.35. The summed E-state index contributed by atoms with van der Waals surface area (Å²) in [6.45, 7) is 6.53. The Bertz CT molecular complexity index is 1110. The first-order valence-electron chi connectivity index (χ1n) is 31.6. The Hall–Kier alpha value is -1.66. The maximum Gasteiger partial charge on any atom is 0.306 e. The van der Waals surface area contributed by atoms with Crippen molar-refractivity contribution < 1.29 is 24.5 Å². The minimum Gasteiger partial charge on any atom is -0.462 e. The summed E-state index contributed by atoms with van der Waals surface area (Å²) in [5.41, 5.74) is 0. The van der Waals surface area contributed by atoms with Crippen molar-refractivity contribution in [3.63, 3.8) is 0 Å². The third-order valence-electron chi connectivity index (χ3n) is 14.8. The lowest BCUT2D eigenvalue weighted by atomic mass is 10.0. The number of carbonyl (C=O) groups is 2. The quantitative estimate of drug-likeness (QED) is 0.0321. The van der Waals surface area contributed by atoms with Gasteiger partial charge in [0.1, 0.15) is 6.10 Å². The van der Waals surface area contributed by atoms with E-state index in [2.05, 4.69) is 50.4 Å². The highest BCUT2D eigenvalue weighted by atomic mass is 16.5. The average molecular weight is 987 g/mol. The fourth-order valence-corrected chi connectivity index (χ4v) is 9.95. The van der Waals surface area contributed by atoms with E-state index in [0.717, 1.165) is 57.8 Å². The number of aliphatic hydroxyl groups excluding tert-OH is 2. The predicted octanol–water partition coefficient (Wildman–Crippen LogP) is 19.8. The third-order valence-corrected chi connectivity index (χ3v) is 14.8. The van der Waals surface area contributed by atoms with Crippen LogP contribution >= 0.6 is 0 Å². The van der Waals surface area contributed by atoms with E-state index in [-0.39, 0.29) is 24.9 Å². The van der Waals surface area contributed by atoms with E-state index in [1.54, 1.807) is 0 Å². The number of hydrogen-bond donors (Lipinski definition) is 3. The molecule has 0 saturated carbocycles. The van der Waals surface area contributed by atoms with Crippen LogP contribution in [0.1, 0.15) is 348 Å². The van der Waals surface area contributed by atoms with Crippen molar-refractivity contribution in [1.29, 1.82) is 0 Å². The van der Waals surface area contributed by atoms with Crippen molar-refractivity contribution >= 4 is 11.9 Å². The second kappa shape index (κ2) is 58.2. The molecule has 414 valence electrons. The molecule has 3 unspecified atom stereocenters. The highest BCUT2D eigenvalue weighted by molar-refractivity contribution is 5.77. The van der Waals surface area contributed by atoms with Crippen LogP contribution in [-0.4, -0.2) is 46.9 Å². The monoisotopic (exact) mass is 986 g/mol. The molecule has 6 heteroatoms. The summed E-state index contributed by atoms with van der Waals surface area (Å²) in [5, 5.41) is 24.0. The SMILES string of the molecule is CCCCCCCC/C=C/CCCCCCCCCCCC(=O)OC(CCCCCCC/C=C/CCCCCCCC)CC(=O)NC(CO)C(O)CCCCCCCCCCCCCCCCCCC. The summed E-state index contributed by atoms with van der Waals surface area (Å²) < 4.78 is 5.98. The number of unbranched alkanes of at least 4 members (excludes halogenated alkanes) is 42. The first kappa shape index (κ1) is 68.3. The van der Waals surface area contributed by atoms with Gasteiger partial charge in [0, 0.05) is 6.42 Å². The van der Waals surface area contributed by atoms with Crippen LogP contribution < -0.4 is 5.32 Å². The molecule has 0 bridgehead atoms. The number of amides is 1. The number of ether oxygens (including phenoxy) is 1. The minimum atomic E-state index is -0.788. The van der Waals surface area contributed by atoms with Crippen LogP contribution in [0.5, 0.6) is 0 Å². The van der Waals surface area contributed by atoms with Gasteiger partial charge in [0.15, 0.2) is 0 Å². The molecule has 0 aromatic rings. The lowest BCUT2D eigenvalue weighted by Crippen LogP contribution is -2.46. The molecular weight excluding hydrogens is 863 g/mol. The Kier molecular flexibility index (Phi) is 56.9. The van der Waals surface area contributed by atoms with Crippen molar-refractivity contribution in [2.75, 3.05) is 6.61 Å². The number of esters is 1. The molecule has 0 radical (unpaired) electrons. The second-order valence-electron chi connectivity index (χ2n) is 21.8. The maximum absolute atomic E-state index is 13.3. The van der Waals surface area contributed by atoms with E-state index in [1.165, 1.54) is 244 Å². The molecular formula is C64H123NO5. The topological polar surface area (TPSA) is 95.9 Å². The van der Waals surface area contributed by atoms with Crippen LogP contribution in [-0.2, 0) is 14.3 Å². The van der Waals surface area contributed by atoms with Gasteiger partial charge in [0.05, 0.1) is 25.2 Å². The largest absolute Gasteiger partial charge is 0.462 e. The van der Waals surface area contributed by atoms with Crippen molar-refractivity contribution in [1.82, 2.24) is 5.32 Å². The highest BCUT2D eigenvalue weighted by Crippen LogP contribution is 2.19. The summed E-state index contributed by atoms with van der Waals surface area (Å²) in [6.07, 6.45) is 69.7. The van der Waals surface area contributed by atoms with Crippen LogP contribution in [0, 0.1) is 0 Å². The van der Waals surface area contributed by atoms with Crippen LogP contribution in [0.4, 0.5) is 0 Å². The van der Waals surface area contributed by atoms with E-state index >= 15 is 0 Å². The van der Waals surface area contributed by atoms with E-state index < -0.39 is 18.2 Å². The zero-order valence-electron chi connectivity index (χ0n) is 47.4. The number of allylic oxidation sites excluding steroid dienone is 4. The van der Waals surface area contributed by atoms with Crippen molar-refractivity contribution in [3.8, 4) is 0 Å². The van der Waals surface area contributed by atoms with Crippen molar-refractivity contribution in [2.24, 2.45) is 0 Å². The summed E-state index contributed by atoms with van der Waals surface area (Å²) in [6, 6.07) is -0.702. The van der Waals surface area contributed by atoms with E-state index in [1.807, 2.05) is 0 Å². The Morgan fingerprint density at radius 1 is 0.400 bits per heavy atom. The number of aliphatic hydroxyl groups is 2. The molecule has 1 amide bonds. The molecule has 0 aliphatic rings. The van der Waals surface area contributed by atoms with Gasteiger partial charge in [0.25, 0.3) is 0 Å². The number of nitrogens with one attached hydrogen (secondary N) is 1. The predicted molar refractivity (Wildman–Crippen MR) is 306 cm³/mol. The molecule has 0 heterocycles. The first-order valence-corrected chi connectivity index (χ1v) is 31.6. The molecule has 0 saturated heterocycles. The zero-order valence-corrected chi connectivity index (χ0v) is 47.4. The summed E-state index contributed by atoms with van der Waals surface area (Å²) >= 11 is 0. The van der Waals surface area contributed by atoms with Gasteiger partial charge >= 0.3 is 5.97 Å². The number of rotatable bonds is 58. The molecule has 70 heavy (non-hydrogen) atoms. The Morgan fingerprint density at radius 2 is 0.686 bits per heavy atom. The standard InChI is InChI=1S/C64H123NO5/c1-4-7-10-13-16-19-22-25-28-30-31-33-36-39-42-45-48-51-54-57-64(69)70-60(55-52-49-46-43-40-37-34-27-24-21-18-15-12-9-6-3)58-63(68)65-61(59-66)62(67)56-53-50-47-44-41-38-35-32-29-26-23-20-17-14-11-8-5-2/h25,27-28,34,60-62,66-67H,4-24,26,29-33,35-59H2,1-3H3,(H,65,68)/b28-25+,34-27+. The summed E-state index contributed by atoms with van der Waals surface area (Å²) in [5.74, 6) is -0.463. The van der Waals surface area contributed by atoms with Gasteiger partial charge in [0.2, 0.25) is 5.91 Å². The van der Waals surface area contributed by atoms with E-state index in [0.29, 0.717) is 19.3 Å². The molecule has 3 atom stereocenters. The smallest absolute Gasteiger partial charge is 0.306 e. The van der Waals surface area contributed by atoms with Gasteiger partial charge in [-0.15, -0.1) is 0 Å². The fraction of sp³-hybridized carbons (Fsp3) is 0.906. The fourth-order valence-electron chi connectivity index (χ4n) is 9.95. The Labute approximate surface area is 437 Å². The Morgan fingerprint density at radius 3 is 1.01 bits per heavy atom. The lowest BCUT2D eigenvalue weighted by molar-refractivity contribution is -0.151. The molecule has 0 rings (SSSR count). The molecule has 0 aliphatic heterocycles. The number of carbonyl (C=O) groups excluding carboxylic acids is 2. The van der Waals surface area contributed by atoms with Gasteiger partial charge in [-0.2, -0.15) is 0 Å². The maximum atomic E-state index is 13.3. The van der Waals surface area contributed by atoms with Crippen LogP contribution in [0.2, 0.25) is 0 Å². The molecule has 0 aliphatic carbocycles. The molecule has 0 fully saturated rings. The molecule has 0 spiro atoms. The van der Waals surface area contributed by atoms with Gasteiger partial charge in [-0.3, -0.25) is 9.59 Å². The first-order chi connectivity index (χ1) is 34.5. The number of hydrogen-bond acceptors (Lipinski definition) is 5. The minimum absolute atomic E-state index is 0.0764. The second-order valence-corrected chi connectivity index (χ2v) is 21.8. The normalized spacial score (nSPS) is 13.2. The van der Waals surface area contributed by atoms with E-state index in [9.17, 15) is 19.8 Å². The third kappa shape index (κ3) is 52.7. The van der Waals surface area contributed by atoms with Crippen LogP contribution in [0.25, 0.3) is 0 Å². The van der Waals surface area contributed by atoms with Crippen molar-refractivity contribution in [3.05, 3.63) is 24.3 Å². The van der Waals surface area contributed by atoms with Gasteiger partial charge in [-0.1, -0.05) is 283 Å². The van der Waals surface area contributed by atoms with Gasteiger partial charge < -0.3 is 20.3 Å². The zero-order chi connectivity index (χ0) is 50.9. The molecule has 0 aromatic carbocycles.